The zero-order valence-electron chi connectivity index (χ0n) is 16.1. The van der Waals surface area contributed by atoms with Crippen molar-refractivity contribution in [2.75, 3.05) is 13.1 Å². The van der Waals surface area contributed by atoms with Crippen LogP contribution < -0.4 is 5.32 Å². The summed E-state index contributed by atoms with van der Waals surface area (Å²) in [7, 11) is 0. The molecule has 28 heavy (non-hydrogen) atoms. The standard InChI is InChI=1S/C21H26N2O5/c1-14(2)13-23(10-9-19(24)25)21(28)22-18(20(26)27)12-15-7-8-16-5-3-4-6-17(16)11-15/h3-8,11,14,18H,9-10,12-13H2,1-2H3,(H,22,28)(H,24,25)(H,26,27)/t18-/m0/s1. The Hall–Kier alpha value is -3.09. The molecule has 150 valence electrons. The lowest BCUT2D eigenvalue weighted by molar-refractivity contribution is -0.139. The maximum absolute atomic E-state index is 12.6. The molecule has 0 heterocycles. The van der Waals surface area contributed by atoms with E-state index in [1.54, 1.807) is 0 Å². The predicted octanol–water partition coefficient (Wildman–Crippen LogP) is 2.98. The Kier molecular flexibility index (Phi) is 7.37. The molecule has 0 spiro atoms. The second-order valence-corrected chi connectivity index (χ2v) is 7.21. The van der Waals surface area contributed by atoms with Gasteiger partial charge < -0.3 is 20.4 Å². The summed E-state index contributed by atoms with van der Waals surface area (Å²) >= 11 is 0. The number of hydrogen-bond donors (Lipinski definition) is 3. The highest BCUT2D eigenvalue weighted by atomic mass is 16.4. The monoisotopic (exact) mass is 386 g/mol. The molecule has 2 rings (SSSR count). The fourth-order valence-electron chi connectivity index (χ4n) is 2.99. The first kappa shape index (κ1) is 21.2. The summed E-state index contributed by atoms with van der Waals surface area (Å²) in [5, 5.41) is 23.0. The van der Waals surface area contributed by atoms with Gasteiger partial charge in [-0.1, -0.05) is 56.3 Å². The van der Waals surface area contributed by atoms with E-state index in [1.807, 2.05) is 56.3 Å². The summed E-state index contributed by atoms with van der Waals surface area (Å²) < 4.78 is 0. The minimum atomic E-state index is -1.13. The molecule has 0 aliphatic carbocycles. The second-order valence-electron chi connectivity index (χ2n) is 7.21. The molecule has 0 aliphatic rings. The van der Waals surface area contributed by atoms with Gasteiger partial charge in [0.05, 0.1) is 6.42 Å². The normalized spacial score (nSPS) is 12.0. The first-order valence-electron chi connectivity index (χ1n) is 9.24. The van der Waals surface area contributed by atoms with Gasteiger partial charge in [-0.15, -0.1) is 0 Å². The fraction of sp³-hybridized carbons (Fsp3) is 0.381. The number of hydrogen-bond acceptors (Lipinski definition) is 3. The number of carbonyl (C=O) groups excluding carboxylic acids is 1. The van der Waals surface area contributed by atoms with Crippen molar-refractivity contribution in [3.8, 4) is 0 Å². The Morgan fingerprint density at radius 3 is 2.32 bits per heavy atom. The Morgan fingerprint density at radius 2 is 1.71 bits per heavy atom. The third kappa shape index (κ3) is 6.26. The van der Waals surface area contributed by atoms with E-state index < -0.39 is 24.0 Å². The van der Waals surface area contributed by atoms with Crippen LogP contribution in [0.15, 0.2) is 42.5 Å². The van der Waals surface area contributed by atoms with Crippen LogP contribution in [0.5, 0.6) is 0 Å². The zero-order valence-corrected chi connectivity index (χ0v) is 16.1. The van der Waals surface area contributed by atoms with Crippen molar-refractivity contribution < 1.29 is 24.6 Å². The molecule has 7 nitrogen and oxygen atoms in total. The van der Waals surface area contributed by atoms with Gasteiger partial charge in [-0.2, -0.15) is 0 Å². The molecule has 2 amide bonds. The summed E-state index contributed by atoms with van der Waals surface area (Å²) in [5.74, 6) is -2.01. The lowest BCUT2D eigenvalue weighted by atomic mass is 10.0. The van der Waals surface area contributed by atoms with Crippen LogP contribution in [0.3, 0.4) is 0 Å². The van der Waals surface area contributed by atoms with Crippen LogP contribution in [-0.4, -0.2) is 52.2 Å². The molecule has 1 atom stereocenters. The molecule has 0 saturated heterocycles. The molecule has 2 aromatic rings. The van der Waals surface area contributed by atoms with Crippen LogP contribution >= 0.6 is 0 Å². The lowest BCUT2D eigenvalue weighted by Crippen LogP contribution is -2.50. The molecule has 0 radical (unpaired) electrons. The van der Waals surface area contributed by atoms with Crippen molar-refractivity contribution in [2.45, 2.75) is 32.7 Å². The number of carbonyl (C=O) groups is 3. The third-order valence-corrected chi connectivity index (χ3v) is 4.32. The van der Waals surface area contributed by atoms with Gasteiger partial charge in [0.2, 0.25) is 0 Å². The molecule has 0 aromatic heterocycles. The summed E-state index contributed by atoms with van der Waals surface area (Å²) in [6.07, 6.45) is -0.0527. The number of fused-ring (bicyclic) bond motifs is 1. The number of carboxylic acid groups (broad SMARTS) is 2. The highest BCUT2D eigenvalue weighted by Gasteiger charge is 2.24. The topological polar surface area (TPSA) is 107 Å². The Morgan fingerprint density at radius 1 is 1.04 bits per heavy atom. The van der Waals surface area contributed by atoms with Crippen molar-refractivity contribution in [3.05, 3.63) is 48.0 Å². The van der Waals surface area contributed by atoms with Gasteiger partial charge >= 0.3 is 18.0 Å². The number of nitrogens with one attached hydrogen (secondary N) is 1. The van der Waals surface area contributed by atoms with Gasteiger partial charge in [0.25, 0.3) is 0 Å². The van der Waals surface area contributed by atoms with E-state index in [-0.39, 0.29) is 25.3 Å². The van der Waals surface area contributed by atoms with E-state index >= 15 is 0 Å². The first-order chi connectivity index (χ1) is 13.3. The van der Waals surface area contributed by atoms with Crippen LogP contribution in [0.4, 0.5) is 4.79 Å². The molecular formula is C21H26N2O5. The van der Waals surface area contributed by atoms with E-state index in [1.165, 1.54) is 4.90 Å². The van der Waals surface area contributed by atoms with E-state index in [2.05, 4.69) is 5.32 Å². The van der Waals surface area contributed by atoms with Crippen LogP contribution in [0.1, 0.15) is 25.8 Å². The van der Waals surface area contributed by atoms with Gasteiger partial charge in [-0.25, -0.2) is 9.59 Å². The largest absolute Gasteiger partial charge is 0.481 e. The summed E-state index contributed by atoms with van der Waals surface area (Å²) in [6.45, 7) is 4.19. The molecule has 0 bridgehead atoms. The maximum Gasteiger partial charge on any atom is 0.326 e. The van der Waals surface area contributed by atoms with Gasteiger partial charge in [0.15, 0.2) is 0 Å². The number of nitrogens with zero attached hydrogens (tertiary/aromatic N) is 1. The molecule has 7 heteroatoms. The SMILES string of the molecule is CC(C)CN(CCC(=O)O)C(=O)N[C@@H](Cc1ccc2ccccc2c1)C(=O)O. The maximum atomic E-state index is 12.6. The van der Waals surface area contributed by atoms with Crippen LogP contribution in [-0.2, 0) is 16.0 Å². The van der Waals surface area contributed by atoms with Crippen molar-refractivity contribution in [1.29, 1.82) is 0 Å². The Labute approximate surface area is 164 Å². The Balaban J connectivity index is 2.11. The molecule has 3 N–H and O–H groups in total. The quantitative estimate of drug-likeness (QED) is 0.614. The van der Waals surface area contributed by atoms with E-state index in [9.17, 15) is 19.5 Å². The number of rotatable bonds is 9. The minimum Gasteiger partial charge on any atom is -0.481 e. The molecule has 0 aliphatic heterocycles. The molecule has 0 unspecified atom stereocenters. The highest BCUT2D eigenvalue weighted by Crippen LogP contribution is 2.17. The number of benzene rings is 2. The fourth-order valence-corrected chi connectivity index (χ4v) is 2.99. The van der Waals surface area contributed by atoms with Gasteiger partial charge in [0.1, 0.15) is 6.04 Å². The average Bonchev–Trinajstić information content (AvgIpc) is 2.63. The van der Waals surface area contributed by atoms with Crippen LogP contribution in [0, 0.1) is 5.92 Å². The predicted molar refractivity (Wildman–Crippen MR) is 106 cm³/mol. The smallest absolute Gasteiger partial charge is 0.326 e. The second kappa shape index (κ2) is 9.73. The number of carboxylic acids is 2. The number of urea groups is 1. The van der Waals surface area contributed by atoms with Crippen molar-refractivity contribution in [3.63, 3.8) is 0 Å². The van der Waals surface area contributed by atoms with Crippen molar-refractivity contribution in [2.24, 2.45) is 5.92 Å². The molecular weight excluding hydrogens is 360 g/mol. The molecule has 0 saturated carbocycles. The summed E-state index contributed by atoms with van der Waals surface area (Å²) in [4.78, 5) is 36.4. The van der Waals surface area contributed by atoms with Gasteiger partial charge in [-0.3, -0.25) is 4.79 Å². The minimum absolute atomic E-state index is 0.0294. The summed E-state index contributed by atoms with van der Waals surface area (Å²) in [5.41, 5.74) is 0.798. The van der Waals surface area contributed by atoms with Crippen molar-refractivity contribution >= 4 is 28.7 Å². The van der Waals surface area contributed by atoms with Crippen LogP contribution in [0.25, 0.3) is 10.8 Å². The number of amides is 2. The van der Waals surface area contributed by atoms with Crippen molar-refractivity contribution in [1.82, 2.24) is 10.2 Å². The molecule has 0 fully saturated rings. The Bertz CT molecular complexity index is 850. The average molecular weight is 386 g/mol. The van der Waals surface area contributed by atoms with Crippen LogP contribution in [0.2, 0.25) is 0 Å². The third-order valence-electron chi connectivity index (χ3n) is 4.32. The van der Waals surface area contributed by atoms with Gasteiger partial charge in [0, 0.05) is 19.5 Å². The van der Waals surface area contributed by atoms with E-state index in [4.69, 9.17) is 5.11 Å². The van der Waals surface area contributed by atoms with E-state index in [0.29, 0.717) is 6.54 Å². The first-order valence-corrected chi connectivity index (χ1v) is 9.24. The van der Waals surface area contributed by atoms with E-state index in [0.717, 1.165) is 16.3 Å². The molecule has 2 aromatic carbocycles. The van der Waals surface area contributed by atoms with Gasteiger partial charge in [-0.05, 0) is 22.3 Å². The zero-order chi connectivity index (χ0) is 20.7. The lowest BCUT2D eigenvalue weighted by Gasteiger charge is -2.26. The number of aliphatic carboxylic acids is 2. The highest BCUT2D eigenvalue weighted by molar-refractivity contribution is 5.85. The summed E-state index contributed by atoms with van der Waals surface area (Å²) in [6, 6.07) is 11.8.